The number of aromatic amines is 1. The molecule has 1 N–H and O–H groups in total. The monoisotopic (exact) mass is 368 g/mol. The normalized spacial score (nSPS) is 14.0. The van der Waals surface area contributed by atoms with Gasteiger partial charge < -0.3 is 14.5 Å². The van der Waals surface area contributed by atoms with Crippen LogP contribution in [0.3, 0.4) is 0 Å². The molecule has 3 heterocycles. The minimum atomic E-state index is -0.450. The average Bonchev–Trinajstić information content (AvgIpc) is 2.97. The third kappa shape index (κ3) is 2.75. The second kappa shape index (κ2) is 6.19. The highest BCUT2D eigenvalue weighted by Crippen LogP contribution is 2.34. The SMILES string of the molecule is CC(C)c1nc2c(n1C)CCN(c1cc3nc[nH]c(=O)c3cc1[N+](=O)[O-])C2. The fourth-order valence-corrected chi connectivity index (χ4v) is 3.76. The zero-order chi connectivity index (χ0) is 19.3. The van der Waals surface area contributed by atoms with Crippen LogP contribution in [0.2, 0.25) is 0 Å². The summed E-state index contributed by atoms with van der Waals surface area (Å²) in [6, 6.07) is 2.93. The van der Waals surface area contributed by atoms with E-state index in [2.05, 4.69) is 28.4 Å². The number of H-pyrrole nitrogens is 1. The number of hydrogen-bond acceptors (Lipinski definition) is 6. The van der Waals surface area contributed by atoms with Crippen LogP contribution in [0, 0.1) is 10.1 Å². The Morgan fingerprint density at radius 3 is 2.81 bits per heavy atom. The van der Waals surface area contributed by atoms with Gasteiger partial charge >= 0.3 is 0 Å². The standard InChI is InChI=1S/C18H20N6O3/c1-10(2)17-21-13-8-23(5-4-14(13)22(17)3)15-7-12-11(6-16(15)24(26)27)18(25)20-9-19-12/h6-7,9-10H,4-5,8H2,1-3H3,(H,19,20,25). The Hall–Kier alpha value is -3.23. The van der Waals surface area contributed by atoms with E-state index in [0.717, 1.165) is 17.9 Å². The first kappa shape index (κ1) is 17.2. The van der Waals surface area contributed by atoms with Crippen LogP contribution in [0.1, 0.15) is 37.0 Å². The highest BCUT2D eigenvalue weighted by atomic mass is 16.6. The van der Waals surface area contributed by atoms with Crippen molar-refractivity contribution < 1.29 is 4.92 Å². The maximum atomic E-state index is 12.0. The molecule has 9 heteroatoms. The van der Waals surface area contributed by atoms with Gasteiger partial charge in [-0.05, 0) is 6.07 Å². The Morgan fingerprint density at radius 1 is 1.33 bits per heavy atom. The zero-order valence-electron chi connectivity index (χ0n) is 15.4. The molecular weight excluding hydrogens is 348 g/mol. The first-order valence-corrected chi connectivity index (χ1v) is 8.82. The van der Waals surface area contributed by atoms with Gasteiger partial charge in [0.25, 0.3) is 11.2 Å². The molecular formula is C18H20N6O3. The van der Waals surface area contributed by atoms with E-state index in [9.17, 15) is 14.9 Å². The maximum Gasteiger partial charge on any atom is 0.293 e. The molecule has 4 rings (SSSR count). The van der Waals surface area contributed by atoms with Crippen LogP contribution < -0.4 is 10.5 Å². The molecule has 0 unspecified atom stereocenters. The Kier molecular flexibility index (Phi) is 3.94. The van der Waals surface area contributed by atoms with Crippen molar-refractivity contribution in [1.82, 2.24) is 19.5 Å². The van der Waals surface area contributed by atoms with E-state index in [1.807, 2.05) is 11.9 Å². The molecule has 0 fully saturated rings. The van der Waals surface area contributed by atoms with Crippen LogP contribution in [0.5, 0.6) is 0 Å². The number of anilines is 1. The first-order valence-electron chi connectivity index (χ1n) is 8.82. The van der Waals surface area contributed by atoms with E-state index < -0.39 is 4.92 Å². The molecule has 1 aliphatic rings. The molecule has 0 bridgehead atoms. The number of nitro groups is 1. The van der Waals surface area contributed by atoms with Gasteiger partial charge in [0.15, 0.2) is 0 Å². The summed E-state index contributed by atoms with van der Waals surface area (Å²) in [5.41, 5.74) is 2.54. The zero-order valence-corrected chi connectivity index (χ0v) is 15.4. The number of nitro benzene ring substituents is 1. The minimum Gasteiger partial charge on any atom is -0.360 e. The number of aromatic nitrogens is 4. The lowest BCUT2D eigenvalue weighted by Gasteiger charge is -2.28. The summed E-state index contributed by atoms with van der Waals surface area (Å²) >= 11 is 0. The van der Waals surface area contributed by atoms with Crippen LogP contribution in [0.4, 0.5) is 11.4 Å². The average molecular weight is 368 g/mol. The number of hydrogen-bond donors (Lipinski definition) is 1. The number of rotatable bonds is 3. The predicted molar refractivity (Wildman–Crippen MR) is 101 cm³/mol. The van der Waals surface area contributed by atoms with Crippen LogP contribution in [-0.4, -0.2) is 31.0 Å². The van der Waals surface area contributed by atoms with Gasteiger partial charge in [0.2, 0.25) is 0 Å². The van der Waals surface area contributed by atoms with Gasteiger partial charge in [-0.15, -0.1) is 0 Å². The highest BCUT2D eigenvalue weighted by molar-refractivity contribution is 5.87. The van der Waals surface area contributed by atoms with Gasteiger partial charge in [-0.2, -0.15) is 0 Å². The molecule has 1 aromatic carbocycles. The van der Waals surface area contributed by atoms with Crippen LogP contribution in [0.15, 0.2) is 23.3 Å². The summed E-state index contributed by atoms with van der Waals surface area (Å²) in [7, 11) is 2.02. The molecule has 9 nitrogen and oxygen atoms in total. The predicted octanol–water partition coefficient (Wildman–Crippen LogP) is 2.25. The Balaban J connectivity index is 1.81. The molecule has 0 radical (unpaired) electrons. The van der Waals surface area contributed by atoms with Gasteiger partial charge in [-0.1, -0.05) is 13.8 Å². The molecule has 0 atom stereocenters. The summed E-state index contributed by atoms with van der Waals surface area (Å²) in [6.07, 6.45) is 2.06. The number of benzene rings is 1. The number of nitrogens with zero attached hydrogens (tertiary/aromatic N) is 5. The van der Waals surface area contributed by atoms with E-state index in [4.69, 9.17) is 4.98 Å². The summed E-state index contributed by atoms with van der Waals surface area (Å²) in [5, 5.41) is 11.9. The van der Waals surface area contributed by atoms with Crippen molar-refractivity contribution in [3.8, 4) is 0 Å². The van der Waals surface area contributed by atoms with Crippen molar-refractivity contribution in [2.45, 2.75) is 32.7 Å². The fraction of sp³-hybridized carbons (Fsp3) is 0.389. The minimum absolute atomic E-state index is 0.0931. The lowest BCUT2D eigenvalue weighted by Crippen LogP contribution is -2.31. The van der Waals surface area contributed by atoms with Crippen molar-refractivity contribution in [2.24, 2.45) is 7.05 Å². The third-order valence-electron chi connectivity index (χ3n) is 5.08. The number of fused-ring (bicyclic) bond motifs is 2. The van der Waals surface area contributed by atoms with Crippen molar-refractivity contribution in [3.63, 3.8) is 0 Å². The highest BCUT2D eigenvalue weighted by Gasteiger charge is 2.28. The van der Waals surface area contributed by atoms with Gasteiger partial charge in [0.05, 0.1) is 34.4 Å². The second-order valence-electron chi connectivity index (χ2n) is 7.10. The Labute approximate surface area is 154 Å². The number of imidazole rings is 1. The fourth-order valence-electron chi connectivity index (χ4n) is 3.76. The molecule has 1 aliphatic heterocycles. The first-order chi connectivity index (χ1) is 12.9. The van der Waals surface area contributed by atoms with Gasteiger partial charge in [0.1, 0.15) is 11.5 Å². The van der Waals surface area contributed by atoms with Gasteiger partial charge in [0, 0.05) is 37.7 Å². The molecule has 3 aromatic rings. The van der Waals surface area contributed by atoms with Crippen molar-refractivity contribution in [2.75, 3.05) is 11.4 Å². The molecule has 2 aromatic heterocycles. The van der Waals surface area contributed by atoms with Crippen LogP contribution in [0.25, 0.3) is 10.9 Å². The smallest absolute Gasteiger partial charge is 0.293 e. The second-order valence-corrected chi connectivity index (χ2v) is 7.10. The Morgan fingerprint density at radius 2 is 2.11 bits per heavy atom. The lowest BCUT2D eigenvalue weighted by molar-refractivity contribution is -0.384. The summed E-state index contributed by atoms with van der Waals surface area (Å²) < 4.78 is 2.13. The molecule has 0 amide bonds. The Bertz CT molecular complexity index is 1110. The summed E-state index contributed by atoms with van der Waals surface area (Å²) in [4.78, 5) is 36.5. The van der Waals surface area contributed by atoms with E-state index in [1.54, 1.807) is 6.07 Å². The van der Waals surface area contributed by atoms with Crippen LogP contribution >= 0.6 is 0 Å². The number of nitrogens with one attached hydrogen (secondary N) is 1. The molecule has 140 valence electrons. The van der Waals surface area contributed by atoms with E-state index in [1.165, 1.54) is 18.1 Å². The molecule has 0 spiro atoms. The quantitative estimate of drug-likeness (QED) is 0.561. The van der Waals surface area contributed by atoms with Crippen molar-refractivity contribution >= 4 is 22.3 Å². The maximum absolute atomic E-state index is 12.0. The molecule has 0 saturated heterocycles. The van der Waals surface area contributed by atoms with E-state index >= 15 is 0 Å². The van der Waals surface area contributed by atoms with E-state index in [0.29, 0.717) is 30.2 Å². The topological polar surface area (TPSA) is 110 Å². The van der Waals surface area contributed by atoms with Crippen molar-refractivity contribution in [1.29, 1.82) is 0 Å². The molecule has 0 saturated carbocycles. The largest absolute Gasteiger partial charge is 0.360 e. The van der Waals surface area contributed by atoms with Gasteiger partial charge in [-0.3, -0.25) is 14.9 Å². The molecule has 0 aliphatic carbocycles. The lowest BCUT2D eigenvalue weighted by atomic mass is 10.1. The van der Waals surface area contributed by atoms with Gasteiger partial charge in [-0.25, -0.2) is 9.97 Å². The van der Waals surface area contributed by atoms with Crippen molar-refractivity contribution in [3.05, 3.63) is 56.1 Å². The van der Waals surface area contributed by atoms with Crippen LogP contribution in [-0.2, 0) is 20.0 Å². The molecule has 27 heavy (non-hydrogen) atoms. The summed E-state index contributed by atoms with van der Waals surface area (Å²) in [6.45, 7) is 5.33. The third-order valence-corrected chi connectivity index (χ3v) is 5.08. The summed E-state index contributed by atoms with van der Waals surface area (Å²) in [5.74, 6) is 1.32. The van der Waals surface area contributed by atoms with E-state index in [-0.39, 0.29) is 16.6 Å².